The molecular weight excluding hydrogens is 456 g/mol. The summed E-state index contributed by atoms with van der Waals surface area (Å²) in [6, 6.07) is 16.9. The summed E-state index contributed by atoms with van der Waals surface area (Å²) in [7, 11) is 0. The molecule has 0 atom stereocenters. The highest BCUT2D eigenvalue weighted by Gasteiger charge is 2.21. The number of ketones is 1. The predicted molar refractivity (Wildman–Crippen MR) is 137 cm³/mol. The highest BCUT2D eigenvalue weighted by molar-refractivity contribution is 5.95. The zero-order valence-corrected chi connectivity index (χ0v) is 20.2. The first kappa shape index (κ1) is 23.5. The van der Waals surface area contributed by atoms with Crippen LogP contribution in [0.3, 0.4) is 0 Å². The monoisotopic (exact) mass is 484 g/mol. The van der Waals surface area contributed by atoms with Crippen LogP contribution in [0.4, 0.5) is 5.82 Å². The molecule has 0 saturated carbocycles. The van der Waals surface area contributed by atoms with E-state index in [0.717, 1.165) is 24.3 Å². The minimum Gasteiger partial charge on any atom is -0.492 e. The third kappa shape index (κ3) is 5.19. The number of imidazole rings is 1. The second-order valence-corrected chi connectivity index (χ2v) is 8.72. The Morgan fingerprint density at radius 3 is 2.72 bits per heavy atom. The molecule has 3 heterocycles. The molecule has 9 nitrogen and oxygen atoms in total. The van der Waals surface area contributed by atoms with E-state index in [4.69, 9.17) is 14.7 Å². The maximum absolute atomic E-state index is 12.1. The predicted octanol–water partition coefficient (Wildman–Crippen LogP) is 3.81. The van der Waals surface area contributed by atoms with Gasteiger partial charge in [-0.05, 0) is 31.5 Å². The normalized spacial score (nSPS) is 13.4. The van der Waals surface area contributed by atoms with Crippen LogP contribution in [-0.2, 0) is 11.3 Å². The van der Waals surface area contributed by atoms with Crippen LogP contribution in [0.5, 0.6) is 5.75 Å². The number of likely N-dealkylation sites (tertiary alicyclic amines) is 1. The summed E-state index contributed by atoms with van der Waals surface area (Å²) < 4.78 is 7.75. The maximum atomic E-state index is 12.1. The van der Waals surface area contributed by atoms with Gasteiger partial charge in [0.1, 0.15) is 17.9 Å². The molecule has 1 fully saturated rings. The first-order valence-electron chi connectivity index (χ1n) is 12.1. The van der Waals surface area contributed by atoms with Crippen molar-refractivity contribution >= 4 is 28.7 Å². The fraction of sp³-hybridized carbons (Fsp3) is 0.296. The molecule has 1 saturated heterocycles. The van der Waals surface area contributed by atoms with E-state index in [-0.39, 0.29) is 11.7 Å². The number of rotatable bonds is 10. The van der Waals surface area contributed by atoms with Crippen LogP contribution >= 0.6 is 0 Å². The van der Waals surface area contributed by atoms with Crippen molar-refractivity contribution in [2.75, 3.05) is 31.6 Å². The molecule has 1 N–H and O–H groups in total. The Bertz CT molecular complexity index is 1390. The van der Waals surface area contributed by atoms with Crippen LogP contribution in [0.25, 0.3) is 22.6 Å². The Hall–Kier alpha value is -4.27. The lowest BCUT2D eigenvalue weighted by atomic mass is 10.1. The highest BCUT2D eigenvalue weighted by Crippen LogP contribution is 2.25. The molecule has 0 radical (unpaired) electrons. The number of hydrogen-bond donors (Lipinski definition) is 1. The molecule has 2 aromatic carbocycles. The van der Waals surface area contributed by atoms with E-state index in [1.54, 1.807) is 18.5 Å². The number of benzene rings is 2. The molecule has 1 amide bonds. The number of ether oxygens (including phenoxy) is 1. The van der Waals surface area contributed by atoms with Gasteiger partial charge in [0, 0.05) is 37.2 Å². The number of amides is 1. The SMILES string of the molecule is CC(=O)c1cccc(-c2nc(NCCOc3ccccc3)c3ncn(CCN4CCCC4=O)c3n2)c1. The zero-order chi connectivity index (χ0) is 24.9. The van der Waals surface area contributed by atoms with Gasteiger partial charge < -0.3 is 19.5 Å². The fourth-order valence-electron chi connectivity index (χ4n) is 4.26. The number of fused-ring (bicyclic) bond motifs is 1. The van der Waals surface area contributed by atoms with Gasteiger partial charge in [0.2, 0.25) is 5.91 Å². The molecule has 1 aliphatic heterocycles. The number of carbonyl (C=O) groups excluding carboxylic acids is 2. The summed E-state index contributed by atoms with van der Waals surface area (Å²) in [6.45, 7) is 4.49. The summed E-state index contributed by atoms with van der Waals surface area (Å²) >= 11 is 0. The topological polar surface area (TPSA) is 102 Å². The number of anilines is 1. The number of para-hydroxylation sites is 1. The van der Waals surface area contributed by atoms with E-state index in [1.807, 2.05) is 51.9 Å². The Morgan fingerprint density at radius 1 is 1.08 bits per heavy atom. The van der Waals surface area contributed by atoms with Crippen molar-refractivity contribution in [2.45, 2.75) is 26.3 Å². The van der Waals surface area contributed by atoms with Gasteiger partial charge >= 0.3 is 0 Å². The summed E-state index contributed by atoms with van der Waals surface area (Å²) in [4.78, 5) is 40.0. The molecule has 36 heavy (non-hydrogen) atoms. The van der Waals surface area contributed by atoms with Gasteiger partial charge in [-0.3, -0.25) is 9.59 Å². The van der Waals surface area contributed by atoms with Crippen LogP contribution in [0.15, 0.2) is 60.9 Å². The van der Waals surface area contributed by atoms with Crippen molar-refractivity contribution in [1.82, 2.24) is 24.4 Å². The maximum Gasteiger partial charge on any atom is 0.222 e. The summed E-state index contributed by atoms with van der Waals surface area (Å²) in [6.07, 6.45) is 3.26. The van der Waals surface area contributed by atoms with Gasteiger partial charge in [-0.25, -0.2) is 15.0 Å². The number of hydrogen-bond acceptors (Lipinski definition) is 7. The van der Waals surface area contributed by atoms with Gasteiger partial charge in [-0.1, -0.05) is 36.4 Å². The van der Waals surface area contributed by atoms with E-state index in [2.05, 4.69) is 10.3 Å². The highest BCUT2D eigenvalue weighted by atomic mass is 16.5. The van der Waals surface area contributed by atoms with E-state index in [9.17, 15) is 9.59 Å². The summed E-state index contributed by atoms with van der Waals surface area (Å²) in [5.74, 6) is 2.06. The van der Waals surface area contributed by atoms with Gasteiger partial charge in [0.05, 0.1) is 12.9 Å². The second kappa shape index (κ2) is 10.6. The molecule has 184 valence electrons. The number of nitrogens with zero attached hydrogens (tertiary/aromatic N) is 5. The van der Waals surface area contributed by atoms with Crippen molar-refractivity contribution in [3.05, 3.63) is 66.5 Å². The van der Waals surface area contributed by atoms with Gasteiger partial charge in [-0.2, -0.15) is 0 Å². The molecule has 2 aromatic heterocycles. The van der Waals surface area contributed by atoms with Crippen LogP contribution in [0.2, 0.25) is 0 Å². The summed E-state index contributed by atoms with van der Waals surface area (Å²) in [5, 5.41) is 3.34. The van der Waals surface area contributed by atoms with Crippen LogP contribution < -0.4 is 10.1 Å². The number of carbonyl (C=O) groups is 2. The minimum atomic E-state index is -0.0188. The molecule has 1 aliphatic rings. The van der Waals surface area contributed by atoms with Crippen molar-refractivity contribution in [2.24, 2.45) is 0 Å². The zero-order valence-electron chi connectivity index (χ0n) is 20.2. The molecule has 0 aliphatic carbocycles. The van der Waals surface area contributed by atoms with Crippen LogP contribution in [0.1, 0.15) is 30.1 Å². The molecule has 5 rings (SSSR count). The van der Waals surface area contributed by atoms with Crippen molar-refractivity contribution in [3.8, 4) is 17.1 Å². The lowest BCUT2D eigenvalue weighted by Gasteiger charge is -2.16. The number of aromatic nitrogens is 4. The Kier molecular flexibility index (Phi) is 6.88. The van der Waals surface area contributed by atoms with E-state index >= 15 is 0 Å². The van der Waals surface area contributed by atoms with Gasteiger partial charge in [-0.15, -0.1) is 0 Å². The van der Waals surface area contributed by atoms with E-state index in [1.165, 1.54) is 6.92 Å². The van der Waals surface area contributed by atoms with Gasteiger partial charge in [0.15, 0.2) is 23.1 Å². The lowest BCUT2D eigenvalue weighted by Crippen LogP contribution is -2.28. The average molecular weight is 485 g/mol. The van der Waals surface area contributed by atoms with Crippen LogP contribution in [0, 0.1) is 0 Å². The molecular formula is C27H28N6O3. The third-order valence-corrected chi connectivity index (χ3v) is 6.18. The molecule has 0 unspecified atom stereocenters. The molecule has 4 aromatic rings. The second-order valence-electron chi connectivity index (χ2n) is 8.72. The first-order valence-corrected chi connectivity index (χ1v) is 12.1. The smallest absolute Gasteiger partial charge is 0.222 e. The number of nitrogens with one attached hydrogen (secondary N) is 1. The summed E-state index contributed by atoms with van der Waals surface area (Å²) in [5.41, 5.74) is 2.67. The Labute approximate surface area is 209 Å². The molecule has 9 heteroatoms. The number of Topliss-reactive ketones (excluding diaryl/α,β-unsaturated/α-hetero) is 1. The first-order chi connectivity index (χ1) is 17.6. The largest absolute Gasteiger partial charge is 0.492 e. The van der Waals surface area contributed by atoms with Gasteiger partial charge in [0.25, 0.3) is 0 Å². The van der Waals surface area contributed by atoms with E-state index in [0.29, 0.717) is 61.0 Å². The fourth-order valence-corrected chi connectivity index (χ4v) is 4.26. The standard InChI is InChI=1S/C27H28N6O3/c1-19(34)20-7-5-8-21(17-20)25-30-26(28-12-16-36-22-9-3-2-4-10-22)24-27(31-25)33(18-29-24)15-14-32-13-6-11-23(32)35/h2-5,7-10,17-18H,6,11-16H2,1H3,(H,28,30,31). The molecule has 0 spiro atoms. The van der Waals surface area contributed by atoms with Crippen LogP contribution in [-0.4, -0.2) is 62.4 Å². The van der Waals surface area contributed by atoms with E-state index < -0.39 is 0 Å². The average Bonchev–Trinajstić information content (AvgIpc) is 3.51. The third-order valence-electron chi connectivity index (χ3n) is 6.18. The van der Waals surface area contributed by atoms with Crippen molar-refractivity contribution < 1.29 is 14.3 Å². The Balaban J connectivity index is 1.42. The van der Waals surface area contributed by atoms with Crippen molar-refractivity contribution in [1.29, 1.82) is 0 Å². The Morgan fingerprint density at radius 2 is 1.94 bits per heavy atom. The minimum absolute atomic E-state index is 0.0188. The lowest BCUT2D eigenvalue weighted by molar-refractivity contribution is -0.127. The molecule has 0 bridgehead atoms. The van der Waals surface area contributed by atoms with Crippen molar-refractivity contribution in [3.63, 3.8) is 0 Å². The quantitative estimate of drug-likeness (QED) is 0.270.